The Labute approximate surface area is 78.1 Å². The Kier molecular flexibility index (Phi) is 3.20. The van der Waals surface area contributed by atoms with Crippen LogP contribution in [0, 0.1) is 5.82 Å². The van der Waals surface area contributed by atoms with Gasteiger partial charge in [-0.25, -0.2) is 4.39 Å². The number of hydrogen-bond acceptors (Lipinski definition) is 1. The summed E-state index contributed by atoms with van der Waals surface area (Å²) in [6, 6.07) is 4.48. The summed E-state index contributed by atoms with van der Waals surface area (Å²) in [7, 11) is 0. The minimum atomic E-state index is -0.211. The van der Waals surface area contributed by atoms with Gasteiger partial charge in [0.15, 0.2) is 0 Å². The van der Waals surface area contributed by atoms with Crippen LogP contribution in [0.2, 0.25) is 0 Å². The highest BCUT2D eigenvalue weighted by Gasteiger charge is 2.07. The number of hydrogen-bond donors (Lipinski definition) is 1. The van der Waals surface area contributed by atoms with Gasteiger partial charge < -0.3 is 5.73 Å². The first-order valence-electron chi connectivity index (χ1n) is 4.35. The fourth-order valence-corrected chi connectivity index (χ4v) is 1.33. The second-order valence-corrected chi connectivity index (χ2v) is 2.96. The van der Waals surface area contributed by atoms with E-state index in [-0.39, 0.29) is 11.9 Å². The van der Waals surface area contributed by atoms with Crippen LogP contribution in [0.15, 0.2) is 30.9 Å². The molecule has 1 atom stereocenters. The third kappa shape index (κ3) is 2.16. The van der Waals surface area contributed by atoms with Crippen molar-refractivity contribution in [3.05, 3.63) is 47.8 Å². The van der Waals surface area contributed by atoms with Crippen LogP contribution in [0.1, 0.15) is 24.1 Å². The van der Waals surface area contributed by atoms with E-state index < -0.39 is 0 Å². The predicted molar refractivity (Wildman–Crippen MR) is 52.9 cm³/mol. The SMILES string of the molecule is C=CC(N)c1ccc(F)cc1CC. The smallest absolute Gasteiger partial charge is 0.123 e. The quantitative estimate of drug-likeness (QED) is 0.709. The van der Waals surface area contributed by atoms with Crippen LogP contribution in [0.4, 0.5) is 4.39 Å². The van der Waals surface area contributed by atoms with Gasteiger partial charge in [0, 0.05) is 6.04 Å². The lowest BCUT2D eigenvalue weighted by Gasteiger charge is -2.11. The molecule has 0 heterocycles. The maximum atomic E-state index is 12.8. The molecule has 1 aromatic rings. The van der Waals surface area contributed by atoms with Gasteiger partial charge in [-0.1, -0.05) is 19.1 Å². The van der Waals surface area contributed by atoms with Gasteiger partial charge in [0.2, 0.25) is 0 Å². The second-order valence-electron chi connectivity index (χ2n) is 2.96. The van der Waals surface area contributed by atoms with E-state index in [1.165, 1.54) is 12.1 Å². The molecule has 0 spiro atoms. The summed E-state index contributed by atoms with van der Waals surface area (Å²) in [4.78, 5) is 0. The van der Waals surface area contributed by atoms with Crippen molar-refractivity contribution in [2.24, 2.45) is 5.73 Å². The molecule has 2 N–H and O–H groups in total. The average Bonchev–Trinajstić information content (AvgIpc) is 2.16. The monoisotopic (exact) mass is 179 g/mol. The number of rotatable bonds is 3. The number of nitrogens with two attached hydrogens (primary N) is 1. The van der Waals surface area contributed by atoms with Crippen molar-refractivity contribution in [2.75, 3.05) is 0 Å². The molecular formula is C11H14FN. The Morgan fingerprint density at radius 2 is 2.31 bits per heavy atom. The topological polar surface area (TPSA) is 26.0 Å². The highest BCUT2D eigenvalue weighted by Crippen LogP contribution is 2.18. The summed E-state index contributed by atoms with van der Waals surface area (Å²) in [5, 5.41) is 0. The highest BCUT2D eigenvalue weighted by molar-refractivity contribution is 5.32. The Hall–Kier alpha value is -1.15. The first-order chi connectivity index (χ1) is 6.19. The third-order valence-corrected chi connectivity index (χ3v) is 2.10. The lowest BCUT2D eigenvalue weighted by molar-refractivity contribution is 0.623. The molecule has 0 aliphatic heterocycles. The first kappa shape index (κ1) is 9.93. The lowest BCUT2D eigenvalue weighted by Crippen LogP contribution is -2.09. The van der Waals surface area contributed by atoms with E-state index >= 15 is 0 Å². The van der Waals surface area contributed by atoms with Crippen molar-refractivity contribution in [3.8, 4) is 0 Å². The minimum absolute atomic E-state index is 0.199. The Morgan fingerprint density at radius 1 is 1.62 bits per heavy atom. The second kappa shape index (κ2) is 4.19. The number of halogens is 1. The summed E-state index contributed by atoms with van der Waals surface area (Å²) in [5.41, 5.74) is 7.69. The van der Waals surface area contributed by atoms with Crippen LogP contribution in [0.25, 0.3) is 0 Å². The van der Waals surface area contributed by atoms with Crippen molar-refractivity contribution >= 4 is 0 Å². The van der Waals surface area contributed by atoms with Crippen LogP contribution in [-0.2, 0) is 6.42 Å². The third-order valence-electron chi connectivity index (χ3n) is 2.10. The van der Waals surface area contributed by atoms with E-state index in [0.29, 0.717) is 0 Å². The zero-order chi connectivity index (χ0) is 9.84. The average molecular weight is 179 g/mol. The largest absolute Gasteiger partial charge is 0.321 e. The van der Waals surface area contributed by atoms with Gasteiger partial charge in [0.1, 0.15) is 5.82 Å². The van der Waals surface area contributed by atoms with Crippen LogP contribution in [0.3, 0.4) is 0 Å². The summed E-state index contributed by atoms with van der Waals surface area (Å²) in [6.45, 7) is 5.60. The Morgan fingerprint density at radius 3 is 2.85 bits per heavy atom. The predicted octanol–water partition coefficient (Wildman–Crippen LogP) is 2.57. The van der Waals surface area contributed by atoms with Gasteiger partial charge in [-0.3, -0.25) is 0 Å². The molecular weight excluding hydrogens is 165 g/mol. The van der Waals surface area contributed by atoms with E-state index in [0.717, 1.165) is 17.5 Å². The molecule has 0 fully saturated rings. The van der Waals surface area contributed by atoms with Crippen LogP contribution >= 0.6 is 0 Å². The van der Waals surface area contributed by atoms with Gasteiger partial charge >= 0.3 is 0 Å². The van der Waals surface area contributed by atoms with E-state index in [4.69, 9.17) is 5.73 Å². The molecule has 0 saturated heterocycles. The van der Waals surface area contributed by atoms with Crippen molar-refractivity contribution in [2.45, 2.75) is 19.4 Å². The van der Waals surface area contributed by atoms with Gasteiger partial charge in [-0.2, -0.15) is 0 Å². The molecule has 1 unspecified atom stereocenters. The maximum Gasteiger partial charge on any atom is 0.123 e. The van der Waals surface area contributed by atoms with Gasteiger partial charge in [-0.15, -0.1) is 6.58 Å². The van der Waals surface area contributed by atoms with E-state index in [9.17, 15) is 4.39 Å². The normalized spacial score (nSPS) is 12.5. The van der Waals surface area contributed by atoms with Crippen LogP contribution in [0.5, 0.6) is 0 Å². The van der Waals surface area contributed by atoms with E-state index in [2.05, 4.69) is 6.58 Å². The molecule has 0 radical (unpaired) electrons. The molecule has 1 aromatic carbocycles. The summed E-state index contributed by atoms with van der Waals surface area (Å²) in [5.74, 6) is -0.211. The fourth-order valence-electron chi connectivity index (χ4n) is 1.33. The minimum Gasteiger partial charge on any atom is -0.321 e. The van der Waals surface area contributed by atoms with Crippen molar-refractivity contribution in [1.82, 2.24) is 0 Å². The molecule has 0 saturated carbocycles. The molecule has 1 nitrogen and oxygen atoms in total. The lowest BCUT2D eigenvalue weighted by atomic mass is 9.99. The van der Waals surface area contributed by atoms with Crippen molar-refractivity contribution in [1.29, 1.82) is 0 Å². The number of aryl methyl sites for hydroxylation is 1. The van der Waals surface area contributed by atoms with E-state index in [1.807, 2.05) is 6.92 Å². The zero-order valence-electron chi connectivity index (χ0n) is 7.76. The Balaban J connectivity index is 3.12. The maximum absolute atomic E-state index is 12.8. The molecule has 0 aliphatic rings. The molecule has 0 aliphatic carbocycles. The van der Waals surface area contributed by atoms with Gasteiger partial charge in [0.25, 0.3) is 0 Å². The Bertz CT molecular complexity index is 307. The summed E-state index contributed by atoms with van der Waals surface area (Å²) >= 11 is 0. The molecule has 70 valence electrons. The van der Waals surface area contributed by atoms with Crippen molar-refractivity contribution < 1.29 is 4.39 Å². The molecule has 13 heavy (non-hydrogen) atoms. The van der Waals surface area contributed by atoms with Gasteiger partial charge in [-0.05, 0) is 29.7 Å². The summed E-state index contributed by atoms with van der Waals surface area (Å²) in [6.07, 6.45) is 2.45. The van der Waals surface area contributed by atoms with Gasteiger partial charge in [0.05, 0.1) is 0 Å². The molecule has 1 rings (SSSR count). The summed E-state index contributed by atoms with van der Waals surface area (Å²) < 4.78 is 12.8. The molecule has 0 aromatic heterocycles. The fraction of sp³-hybridized carbons (Fsp3) is 0.273. The standard InChI is InChI=1S/C11H14FN/c1-3-8-7-9(12)5-6-10(8)11(13)4-2/h4-7,11H,2-3,13H2,1H3. The van der Waals surface area contributed by atoms with Crippen LogP contribution in [-0.4, -0.2) is 0 Å². The molecule has 0 bridgehead atoms. The highest BCUT2D eigenvalue weighted by atomic mass is 19.1. The van der Waals surface area contributed by atoms with Crippen molar-refractivity contribution in [3.63, 3.8) is 0 Å². The molecule has 0 amide bonds. The zero-order valence-corrected chi connectivity index (χ0v) is 7.76. The van der Waals surface area contributed by atoms with Crippen LogP contribution < -0.4 is 5.73 Å². The first-order valence-corrected chi connectivity index (χ1v) is 4.35. The number of benzene rings is 1. The molecule has 2 heteroatoms. The van der Waals surface area contributed by atoms with E-state index in [1.54, 1.807) is 12.1 Å².